The zero-order chi connectivity index (χ0) is 41.0. The molecule has 0 aliphatic rings. The highest BCUT2D eigenvalue weighted by Gasteiger charge is 2.15. The lowest BCUT2D eigenvalue weighted by atomic mass is 9.92. The Morgan fingerprint density at radius 3 is 1.08 bits per heavy atom. The minimum absolute atomic E-state index is 0.691. The van der Waals surface area contributed by atoms with Gasteiger partial charge in [-0.05, 0) is 105 Å². The molecule has 4 heteroatoms. The van der Waals surface area contributed by atoms with Crippen molar-refractivity contribution in [3.63, 3.8) is 0 Å². The zero-order valence-electron chi connectivity index (χ0n) is 33.5. The van der Waals surface area contributed by atoms with Crippen molar-refractivity contribution < 1.29 is 8.83 Å². The molecule has 0 aliphatic heterocycles. The molecule has 0 radical (unpaired) electrons. The summed E-state index contributed by atoms with van der Waals surface area (Å²) in [6, 6.07) is 76.5. The molecule has 12 aromatic rings. The van der Waals surface area contributed by atoms with Crippen molar-refractivity contribution in [2.75, 3.05) is 0 Å². The molecule has 0 unspecified atom stereocenters. The summed E-state index contributed by atoms with van der Waals surface area (Å²) in [7, 11) is 0. The van der Waals surface area contributed by atoms with Crippen molar-refractivity contribution in [1.29, 1.82) is 0 Å². The fraction of sp³-hybridized carbons (Fsp3) is 0. The van der Waals surface area contributed by atoms with Gasteiger partial charge in [0.15, 0.2) is 5.82 Å². The van der Waals surface area contributed by atoms with Crippen LogP contribution in [0.2, 0.25) is 0 Å². The van der Waals surface area contributed by atoms with Crippen LogP contribution in [0, 0.1) is 0 Å². The van der Waals surface area contributed by atoms with Crippen molar-refractivity contribution in [2.24, 2.45) is 0 Å². The minimum atomic E-state index is 0.691. The largest absolute Gasteiger partial charge is 0.456 e. The van der Waals surface area contributed by atoms with Gasteiger partial charge in [-0.1, -0.05) is 158 Å². The van der Waals surface area contributed by atoms with Crippen LogP contribution in [0.5, 0.6) is 0 Å². The lowest BCUT2D eigenvalue weighted by Crippen LogP contribution is -1.96. The molecule has 290 valence electrons. The Morgan fingerprint density at radius 1 is 0.226 bits per heavy atom. The van der Waals surface area contributed by atoms with Crippen molar-refractivity contribution in [3.05, 3.63) is 218 Å². The second-order valence-corrected chi connectivity index (χ2v) is 15.8. The Bertz CT molecular complexity index is 3470. The van der Waals surface area contributed by atoms with Gasteiger partial charge in [0.25, 0.3) is 0 Å². The van der Waals surface area contributed by atoms with Gasteiger partial charge >= 0.3 is 0 Å². The summed E-state index contributed by atoms with van der Waals surface area (Å²) in [6.45, 7) is 0. The number of rotatable bonds is 7. The summed E-state index contributed by atoms with van der Waals surface area (Å²) in [4.78, 5) is 10.2. The van der Waals surface area contributed by atoms with Crippen LogP contribution in [0.25, 0.3) is 122 Å². The summed E-state index contributed by atoms with van der Waals surface area (Å²) < 4.78 is 12.4. The summed E-state index contributed by atoms with van der Waals surface area (Å²) in [6.07, 6.45) is 0. The third kappa shape index (κ3) is 6.42. The smallest absolute Gasteiger partial charge is 0.160 e. The standard InChI is InChI=1S/C58H36N2O2/c1-3-11-37(12-4-1)38-19-23-40(24-20-38)52-36-53(60-58(59-52)42-13-5-2-6-14-42)41-25-21-39(22-26-41)45-31-46(43-27-29-56-50(34-43)48-15-7-9-17-54(48)61-56)33-47(32-45)44-28-30-57-51(35-44)49-16-8-10-18-55(49)62-57/h1-36H. The molecule has 0 amide bonds. The summed E-state index contributed by atoms with van der Waals surface area (Å²) in [5, 5.41) is 4.43. The van der Waals surface area contributed by atoms with E-state index in [1.807, 2.05) is 48.5 Å². The maximum Gasteiger partial charge on any atom is 0.160 e. The Hall–Kier alpha value is -8.34. The number of para-hydroxylation sites is 2. The molecule has 0 bridgehead atoms. The third-order valence-electron chi connectivity index (χ3n) is 11.9. The predicted octanol–water partition coefficient (Wildman–Crippen LogP) is 15.9. The number of fused-ring (bicyclic) bond motifs is 6. The molecule has 0 N–H and O–H groups in total. The van der Waals surface area contributed by atoms with E-state index in [-0.39, 0.29) is 0 Å². The number of aromatic nitrogens is 2. The van der Waals surface area contributed by atoms with Crippen LogP contribution < -0.4 is 0 Å². The van der Waals surface area contributed by atoms with Crippen molar-refractivity contribution >= 4 is 43.9 Å². The fourth-order valence-electron chi connectivity index (χ4n) is 8.70. The van der Waals surface area contributed by atoms with Crippen LogP contribution in [0.3, 0.4) is 0 Å². The Morgan fingerprint density at radius 2 is 0.581 bits per heavy atom. The van der Waals surface area contributed by atoms with E-state index in [1.54, 1.807) is 0 Å². The number of hydrogen-bond acceptors (Lipinski definition) is 4. The summed E-state index contributed by atoms with van der Waals surface area (Å²) in [5.74, 6) is 0.691. The molecule has 4 nitrogen and oxygen atoms in total. The monoisotopic (exact) mass is 792 g/mol. The first-order valence-corrected chi connectivity index (χ1v) is 20.9. The van der Waals surface area contributed by atoms with Crippen LogP contribution in [-0.4, -0.2) is 9.97 Å². The van der Waals surface area contributed by atoms with Crippen molar-refractivity contribution in [1.82, 2.24) is 9.97 Å². The Kier molecular flexibility index (Phi) is 8.46. The highest BCUT2D eigenvalue weighted by Crippen LogP contribution is 2.39. The molecule has 0 atom stereocenters. The number of furan rings is 2. The van der Waals surface area contributed by atoms with Crippen LogP contribution in [0.4, 0.5) is 0 Å². The van der Waals surface area contributed by atoms with Crippen LogP contribution in [0.15, 0.2) is 227 Å². The molecule has 0 fully saturated rings. The molecular formula is C58H36N2O2. The third-order valence-corrected chi connectivity index (χ3v) is 11.9. The van der Waals surface area contributed by atoms with Crippen molar-refractivity contribution in [2.45, 2.75) is 0 Å². The lowest BCUT2D eigenvalue weighted by molar-refractivity contribution is 0.668. The Balaban J connectivity index is 0.964. The van der Waals surface area contributed by atoms with E-state index in [0.29, 0.717) is 5.82 Å². The Labute approximate surface area is 358 Å². The van der Waals surface area contributed by atoms with Crippen LogP contribution in [0.1, 0.15) is 0 Å². The van der Waals surface area contributed by atoms with Gasteiger partial charge in [-0.25, -0.2) is 9.97 Å². The highest BCUT2D eigenvalue weighted by atomic mass is 16.3. The van der Waals surface area contributed by atoms with Crippen LogP contribution >= 0.6 is 0 Å². The van der Waals surface area contributed by atoms with E-state index in [4.69, 9.17) is 18.8 Å². The average Bonchev–Trinajstić information content (AvgIpc) is 3.92. The van der Waals surface area contributed by atoms with E-state index in [9.17, 15) is 0 Å². The molecule has 3 aromatic heterocycles. The van der Waals surface area contributed by atoms with Gasteiger partial charge in [0, 0.05) is 38.2 Å². The quantitative estimate of drug-likeness (QED) is 0.161. The van der Waals surface area contributed by atoms with Gasteiger partial charge < -0.3 is 8.83 Å². The van der Waals surface area contributed by atoms with E-state index in [1.165, 1.54) is 11.1 Å². The molecule has 12 rings (SSSR count). The molecule has 3 heterocycles. The minimum Gasteiger partial charge on any atom is -0.456 e. The maximum atomic E-state index is 6.21. The van der Waals surface area contributed by atoms with E-state index in [0.717, 1.165) is 105 Å². The number of hydrogen-bond donors (Lipinski definition) is 0. The SMILES string of the molecule is c1ccc(-c2ccc(-c3cc(-c4ccc(-c5cc(-c6ccc7oc8ccccc8c7c6)cc(-c6ccc7oc8ccccc8c7c6)c5)cc4)nc(-c4ccccc4)n3)cc2)cc1. The molecule has 0 saturated carbocycles. The molecule has 9 aromatic carbocycles. The van der Waals surface area contributed by atoms with E-state index < -0.39 is 0 Å². The van der Waals surface area contributed by atoms with Gasteiger partial charge in [-0.3, -0.25) is 0 Å². The second-order valence-electron chi connectivity index (χ2n) is 15.8. The number of nitrogens with zero attached hydrogens (tertiary/aromatic N) is 2. The normalized spacial score (nSPS) is 11.5. The number of benzene rings is 9. The molecular weight excluding hydrogens is 757 g/mol. The van der Waals surface area contributed by atoms with Gasteiger partial charge in [0.2, 0.25) is 0 Å². The summed E-state index contributed by atoms with van der Waals surface area (Å²) in [5.41, 5.74) is 17.4. The highest BCUT2D eigenvalue weighted by molar-refractivity contribution is 6.07. The first kappa shape index (κ1) is 35.6. The van der Waals surface area contributed by atoms with Gasteiger partial charge in [0.05, 0.1) is 11.4 Å². The molecule has 0 aliphatic carbocycles. The van der Waals surface area contributed by atoms with Crippen LogP contribution in [-0.2, 0) is 0 Å². The van der Waals surface area contributed by atoms with Gasteiger partial charge in [-0.2, -0.15) is 0 Å². The topological polar surface area (TPSA) is 52.1 Å². The molecule has 62 heavy (non-hydrogen) atoms. The first-order valence-electron chi connectivity index (χ1n) is 20.9. The van der Waals surface area contributed by atoms with Gasteiger partial charge in [-0.15, -0.1) is 0 Å². The second kappa shape index (κ2) is 14.7. The predicted molar refractivity (Wildman–Crippen MR) is 255 cm³/mol. The zero-order valence-corrected chi connectivity index (χ0v) is 33.5. The average molecular weight is 793 g/mol. The van der Waals surface area contributed by atoms with Crippen molar-refractivity contribution in [3.8, 4) is 78.4 Å². The molecule has 0 saturated heterocycles. The maximum absolute atomic E-state index is 6.21. The van der Waals surface area contributed by atoms with Gasteiger partial charge in [0.1, 0.15) is 22.3 Å². The molecule has 0 spiro atoms. The fourth-order valence-corrected chi connectivity index (χ4v) is 8.70. The van der Waals surface area contributed by atoms with E-state index in [2.05, 4.69) is 170 Å². The van der Waals surface area contributed by atoms with E-state index >= 15 is 0 Å². The lowest BCUT2D eigenvalue weighted by Gasteiger charge is -2.13. The summed E-state index contributed by atoms with van der Waals surface area (Å²) >= 11 is 0. The first-order chi connectivity index (χ1) is 30.7.